The Bertz CT molecular complexity index is 614. The van der Waals surface area contributed by atoms with E-state index in [2.05, 4.69) is 10.3 Å². The number of pyridine rings is 1. The number of anilines is 1. The molecule has 0 radical (unpaired) electrons. The molecule has 1 aromatic heterocycles. The maximum absolute atomic E-state index is 11.0. The van der Waals surface area contributed by atoms with E-state index in [0.717, 1.165) is 17.7 Å². The Labute approximate surface area is 122 Å². The Kier molecular flexibility index (Phi) is 4.71. The molecule has 2 rings (SSSR count). The van der Waals surface area contributed by atoms with Gasteiger partial charge in [-0.1, -0.05) is 19.1 Å². The highest BCUT2D eigenvalue weighted by molar-refractivity contribution is 5.56. The fourth-order valence-electron chi connectivity index (χ4n) is 2.08. The van der Waals surface area contributed by atoms with Crippen LogP contribution in [0.3, 0.4) is 0 Å². The van der Waals surface area contributed by atoms with Crippen LogP contribution < -0.4 is 10.1 Å². The Balaban J connectivity index is 2.24. The number of methoxy groups -OCH3 is 1. The predicted octanol–water partition coefficient (Wildman–Crippen LogP) is 3.56. The quantitative estimate of drug-likeness (QED) is 0.649. The molecule has 0 aliphatic rings. The van der Waals surface area contributed by atoms with Gasteiger partial charge in [-0.05, 0) is 30.2 Å². The number of hydrogen-bond acceptors (Lipinski definition) is 5. The largest absolute Gasteiger partial charge is 0.497 e. The van der Waals surface area contributed by atoms with Gasteiger partial charge in [-0.3, -0.25) is 10.1 Å². The van der Waals surface area contributed by atoms with Gasteiger partial charge in [-0.15, -0.1) is 0 Å². The van der Waals surface area contributed by atoms with Crippen molar-refractivity contribution in [1.82, 2.24) is 4.98 Å². The zero-order chi connectivity index (χ0) is 15.2. The molecule has 2 aromatic rings. The van der Waals surface area contributed by atoms with Gasteiger partial charge < -0.3 is 10.1 Å². The minimum Gasteiger partial charge on any atom is -0.497 e. The molecular formula is C15H17N3O3. The summed E-state index contributed by atoms with van der Waals surface area (Å²) in [6, 6.07) is 10.6. The number of nitrogens with one attached hydrogen (secondary N) is 1. The summed E-state index contributed by atoms with van der Waals surface area (Å²) in [6.45, 7) is 2.01. The minimum absolute atomic E-state index is 0.0236. The molecule has 1 heterocycles. The van der Waals surface area contributed by atoms with Gasteiger partial charge in [0, 0.05) is 12.3 Å². The normalized spacial score (nSPS) is 11.7. The topological polar surface area (TPSA) is 77.3 Å². The zero-order valence-electron chi connectivity index (χ0n) is 11.9. The van der Waals surface area contributed by atoms with Crippen molar-refractivity contribution < 1.29 is 9.66 Å². The van der Waals surface area contributed by atoms with Gasteiger partial charge in [0.1, 0.15) is 5.75 Å². The van der Waals surface area contributed by atoms with Crippen LogP contribution in [0.4, 0.5) is 11.5 Å². The number of nitrogens with zero attached hydrogens (tertiary/aromatic N) is 2. The van der Waals surface area contributed by atoms with E-state index >= 15 is 0 Å². The van der Waals surface area contributed by atoms with Crippen molar-refractivity contribution in [2.75, 3.05) is 12.4 Å². The minimum atomic E-state index is -0.434. The summed E-state index contributed by atoms with van der Waals surface area (Å²) in [5, 5.41) is 14.2. The Morgan fingerprint density at radius 2 is 2.05 bits per heavy atom. The maximum atomic E-state index is 11.0. The first-order valence-corrected chi connectivity index (χ1v) is 6.65. The molecule has 0 saturated heterocycles. The molecule has 1 atom stereocenters. The molecule has 6 nitrogen and oxygen atoms in total. The first kappa shape index (κ1) is 14.8. The fourth-order valence-corrected chi connectivity index (χ4v) is 2.08. The summed E-state index contributed by atoms with van der Waals surface area (Å²) in [6.07, 6.45) is 2.32. The monoisotopic (exact) mass is 287 g/mol. The number of ether oxygens (including phenoxy) is 1. The van der Waals surface area contributed by atoms with Crippen molar-refractivity contribution >= 4 is 11.5 Å². The molecule has 1 N–H and O–H groups in total. The van der Waals surface area contributed by atoms with E-state index in [1.807, 2.05) is 31.2 Å². The van der Waals surface area contributed by atoms with E-state index in [9.17, 15) is 10.1 Å². The predicted molar refractivity (Wildman–Crippen MR) is 80.5 cm³/mol. The van der Waals surface area contributed by atoms with Crippen LogP contribution in [-0.4, -0.2) is 17.0 Å². The summed E-state index contributed by atoms with van der Waals surface area (Å²) in [7, 11) is 1.61. The van der Waals surface area contributed by atoms with Crippen molar-refractivity contribution in [3.8, 4) is 5.75 Å². The Morgan fingerprint density at radius 1 is 1.33 bits per heavy atom. The second-order valence-corrected chi connectivity index (χ2v) is 4.51. The fraction of sp³-hybridized carbons (Fsp3) is 0.267. The lowest BCUT2D eigenvalue weighted by Gasteiger charge is -2.18. The summed E-state index contributed by atoms with van der Waals surface area (Å²) in [4.78, 5) is 14.7. The van der Waals surface area contributed by atoms with Gasteiger partial charge in [-0.25, -0.2) is 4.98 Å². The molecule has 0 spiro atoms. The molecule has 0 aliphatic carbocycles. The molecular weight excluding hydrogens is 270 g/mol. The van der Waals surface area contributed by atoms with Crippen LogP contribution in [0, 0.1) is 10.1 Å². The van der Waals surface area contributed by atoms with Crippen molar-refractivity contribution in [3.05, 3.63) is 58.3 Å². The molecule has 0 fully saturated rings. The van der Waals surface area contributed by atoms with Gasteiger partial charge >= 0.3 is 5.69 Å². The number of rotatable bonds is 6. The van der Waals surface area contributed by atoms with Crippen LogP contribution in [0.5, 0.6) is 5.75 Å². The Morgan fingerprint density at radius 3 is 2.62 bits per heavy atom. The lowest BCUT2D eigenvalue weighted by Crippen LogP contribution is -2.12. The third-order valence-corrected chi connectivity index (χ3v) is 3.22. The van der Waals surface area contributed by atoms with Gasteiger partial charge in [0.05, 0.1) is 18.1 Å². The number of nitro groups is 1. The van der Waals surface area contributed by atoms with Gasteiger partial charge in [0.2, 0.25) is 5.82 Å². The molecule has 0 bridgehead atoms. The number of aromatic nitrogens is 1. The smallest absolute Gasteiger partial charge is 0.311 e. The van der Waals surface area contributed by atoms with Crippen molar-refractivity contribution in [3.63, 3.8) is 0 Å². The average molecular weight is 287 g/mol. The number of benzene rings is 1. The first-order valence-electron chi connectivity index (χ1n) is 6.65. The lowest BCUT2D eigenvalue weighted by atomic mass is 10.0. The third-order valence-electron chi connectivity index (χ3n) is 3.22. The molecule has 1 unspecified atom stereocenters. The van der Waals surface area contributed by atoms with E-state index in [-0.39, 0.29) is 17.5 Å². The van der Waals surface area contributed by atoms with Gasteiger partial charge in [0.15, 0.2) is 0 Å². The van der Waals surface area contributed by atoms with E-state index in [4.69, 9.17) is 4.74 Å². The highest BCUT2D eigenvalue weighted by atomic mass is 16.6. The van der Waals surface area contributed by atoms with Crippen molar-refractivity contribution in [1.29, 1.82) is 0 Å². The van der Waals surface area contributed by atoms with Crippen LogP contribution in [-0.2, 0) is 0 Å². The van der Waals surface area contributed by atoms with Crippen LogP contribution in [0.2, 0.25) is 0 Å². The van der Waals surface area contributed by atoms with E-state index < -0.39 is 4.92 Å². The summed E-state index contributed by atoms with van der Waals surface area (Å²) in [5.41, 5.74) is 1.00. The van der Waals surface area contributed by atoms with E-state index in [1.165, 1.54) is 12.3 Å². The molecule has 0 aliphatic heterocycles. The van der Waals surface area contributed by atoms with Gasteiger partial charge in [-0.2, -0.15) is 0 Å². The summed E-state index contributed by atoms with van der Waals surface area (Å²) in [5.74, 6) is 1.06. The molecule has 0 saturated carbocycles. The molecule has 0 amide bonds. The lowest BCUT2D eigenvalue weighted by molar-refractivity contribution is -0.384. The molecule has 1 aromatic carbocycles. The zero-order valence-corrected chi connectivity index (χ0v) is 11.9. The maximum Gasteiger partial charge on any atom is 0.311 e. The van der Waals surface area contributed by atoms with Crippen LogP contribution >= 0.6 is 0 Å². The van der Waals surface area contributed by atoms with Crippen LogP contribution in [0.15, 0.2) is 42.6 Å². The third kappa shape index (κ3) is 3.47. The molecule has 6 heteroatoms. The van der Waals surface area contributed by atoms with Crippen molar-refractivity contribution in [2.24, 2.45) is 0 Å². The number of hydrogen-bond donors (Lipinski definition) is 1. The highest BCUT2D eigenvalue weighted by Crippen LogP contribution is 2.28. The second-order valence-electron chi connectivity index (χ2n) is 4.51. The second kappa shape index (κ2) is 6.69. The summed E-state index contributed by atoms with van der Waals surface area (Å²) < 4.78 is 5.13. The van der Waals surface area contributed by atoms with Crippen LogP contribution in [0.25, 0.3) is 0 Å². The highest BCUT2D eigenvalue weighted by Gasteiger charge is 2.18. The van der Waals surface area contributed by atoms with Crippen molar-refractivity contribution in [2.45, 2.75) is 19.4 Å². The summed E-state index contributed by atoms with van der Waals surface area (Å²) >= 11 is 0. The van der Waals surface area contributed by atoms with Gasteiger partial charge in [0.25, 0.3) is 0 Å². The molecule has 110 valence electrons. The van der Waals surface area contributed by atoms with Crippen LogP contribution in [0.1, 0.15) is 24.9 Å². The van der Waals surface area contributed by atoms with E-state index in [1.54, 1.807) is 13.2 Å². The average Bonchev–Trinajstić information content (AvgIpc) is 2.53. The standard InChI is InChI=1S/C15H17N3O3/c1-3-13(11-6-8-12(21-2)9-7-11)17-15-14(18(19)20)5-4-10-16-15/h4-10,13H,3H2,1-2H3,(H,16,17). The van der Waals surface area contributed by atoms with E-state index in [0.29, 0.717) is 0 Å². The SMILES string of the molecule is CCC(Nc1ncccc1[N+](=O)[O-])c1ccc(OC)cc1. The Hall–Kier alpha value is -2.63. The first-order chi connectivity index (χ1) is 10.2. The molecule has 21 heavy (non-hydrogen) atoms.